The van der Waals surface area contributed by atoms with E-state index < -0.39 is 0 Å². The molecule has 0 saturated carbocycles. The molecule has 2 nitrogen and oxygen atoms in total. The minimum Gasteiger partial charge on any atom is -0.222 e. The lowest BCUT2D eigenvalue weighted by Crippen LogP contribution is -2.55. The van der Waals surface area contributed by atoms with Gasteiger partial charge in [0.25, 0.3) is 0 Å². The number of halogens is 1. The molecule has 1 heterocycles. The Kier molecular flexibility index (Phi) is 3.98. The molecule has 0 spiro atoms. The highest BCUT2D eigenvalue weighted by molar-refractivity contribution is 9.10. The van der Waals surface area contributed by atoms with Crippen molar-refractivity contribution >= 4 is 93.4 Å². The summed E-state index contributed by atoms with van der Waals surface area (Å²) in [7, 11) is 11.0. The van der Waals surface area contributed by atoms with E-state index in [4.69, 9.17) is 4.98 Å². The summed E-state index contributed by atoms with van der Waals surface area (Å²) >= 11 is 3.46. The average Bonchev–Trinajstić information content (AvgIpc) is 2.51. The van der Waals surface area contributed by atoms with Crippen LogP contribution in [0.2, 0.25) is 0 Å². The number of nitrogens with zero attached hydrogens (tertiary/aromatic N) is 2. The van der Waals surface area contributed by atoms with Gasteiger partial charge in [0.1, 0.15) is 39.2 Å². The second-order valence-electron chi connectivity index (χ2n) is 5.86. The third-order valence-corrected chi connectivity index (χ3v) is 5.17. The van der Waals surface area contributed by atoms with Crippen molar-refractivity contribution in [3.05, 3.63) is 29.0 Å². The Morgan fingerprint density at radius 1 is 0.727 bits per heavy atom. The summed E-state index contributed by atoms with van der Waals surface area (Å²) in [5, 5.41) is 1.10. The summed E-state index contributed by atoms with van der Waals surface area (Å²) in [6.07, 6.45) is 0. The molecule has 0 bridgehead atoms. The van der Waals surface area contributed by atoms with Crippen LogP contribution in [0.25, 0.3) is 22.2 Å². The highest BCUT2D eigenvalue weighted by Crippen LogP contribution is 2.24. The number of para-hydroxylation sites is 1. The molecule has 0 N–H and O–H groups in total. The molecule has 0 aliphatic carbocycles. The van der Waals surface area contributed by atoms with E-state index in [0.717, 1.165) is 16.6 Å². The second kappa shape index (κ2) is 5.66. The minimum absolute atomic E-state index is 0.635. The number of fused-ring (bicyclic) bond motifs is 1. The van der Waals surface area contributed by atoms with Gasteiger partial charge in [-0.15, -0.1) is 16.4 Å². The fraction of sp³-hybridized carbons (Fsp3) is 0. The summed E-state index contributed by atoms with van der Waals surface area (Å²) < 4.78 is 0.635. The SMILES string of the molecule is Bc1c(B)c(B)c(-c2nc(Br)nc3ccccc23)c(B)c1B. The smallest absolute Gasteiger partial charge is 0.197 e. The zero-order chi connectivity index (χ0) is 16.0. The molecule has 1 aromatic heterocycles. The molecule has 2 aromatic carbocycles. The maximum absolute atomic E-state index is 4.71. The fourth-order valence-electron chi connectivity index (χ4n) is 3.09. The van der Waals surface area contributed by atoms with Crippen molar-refractivity contribution in [3.63, 3.8) is 0 Å². The summed E-state index contributed by atoms with van der Waals surface area (Å²) in [5.41, 5.74) is 9.88. The molecule has 0 fully saturated rings. The first-order chi connectivity index (χ1) is 10.4. The molecule has 0 aliphatic rings. The standard InChI is InChI=1S/C14H14B5BrN2/c15-8-7(9(16)11(18)12(19)10(8)17)13-5-3-1-2-4-6(5)21-14(20)22-13/h1-4H,15-19H2. The monoisotopic (exact) mass is 344 g/mol. The molecule has 22 heavy (non-hydrogen) atoms. The molecule has 3 aromatic rings. The lowest BCUT2D eigenvalue weighted by molar-refractivity contribution is 1.17. The largest absolute Gasteiger partial charge is 0.222 e. The highest BCUT2D eigenvalue weighted by Gasteiger charge is 2.17. The Bertz CT molecular complexity index is 884. The fourth-order valence-corrected chi connectivity index (χ4v) is 3.46. The molecule has 0 unspecified atom stereocenters. The Morgan fingerprint density at radius 2 is 1.27 bits per heavy atom. The van der Waals surface area contributed by atoms with Crippen LogP contribution in [-0.2, 0) is 0 Å². The molecule has 3 rings (SSSR count). The van der Waals surface area contributed by atoms with Gasteiger partial charge in [-0.3, -0.25) is 0 Å². The van der Waals surface area contributed by atoms with E-state index in [-0.39, 0.29) is 0 Å². The second-order valence-corrected chi connectivity index (χ2v) is 6.57. The van der Waals surface area contributed by atoms with Gasteiger partial charge in [0, 0.05) is 5.39 Å². The Morgan fingerprint density at radius 3 is 1.91 bits per heavy atom. The van der Waals surface area contributed by atoms with Gasteiger partial charge in [-0.2, -0.15) is 0 Å². The van der Waals surface area contributed by atoms with E-state index in [1.165, 1.54) is 32.9 Å². The van der Waals surface area contributed by atoms with Crippen LogP contribution in [0, 0.1) is 0 Å². The first-order valence-corrected chi connectivity index (χ1v) is 8.20. The average molecular weight is 344 g/mol. The Balaban J connectivity index is 2.48. The normalized spacial score (nSPS) is 11.0. The third kappa shape index (κ3) is 2.34. The molecule has 0 atom stereocenters. The summed E-state index contributed by atoms with van der Waals surface area (Å²) in [5.74, 6) is 0. The van der Waals surface area contributed by atoms with Gasteiger partial charge in [-0.25, -0.2) is 9.97 Å². The lowest BCUT2D eigenvalue weighted by atomic mass is 9.60. The number of rotatable bonds is 1. The number of hydrogen-bond acceptors (Lipinski definition) is 2. The first-order valence-electron chi connectivity index (χ1n) is 7.41. The maximum Gasteiger partial charge on any atom is 0.197 e. The predicted octanol–water partition coefficient (Wildman–Crippen LogP) is -4.65. The van der Waals surface area contributed by atoms with Crippen molar-refractivity contribution in [1.29, 1.82) is 0 Å². The quantitative estimate of drug-likeness (QED) is 0.328. The zero-order valence-electron chi connectivity index (χ0n) is 13.6. The van der Waals surface area contributed by atoms with Crippen LogP contribution in [0.4, 0.5) is 0 Å². The number of benzene rings is 2. The number of hydrogen-bond donors (Lipinski definition) is 0. The first kappa shape index (κ1) is 15.5. The van der Waals surface area contributed by atoms with Crippen LogP contribution < -0.4 is 27.3 Å². The van der Waals surface area contributed by atoms with Crippen molar-refractivity contribution in [2.24, 2.45) is 0 Å². The van der Waals surface area contributed by atoms with Gasteiger partial charge in [0.2, 0.25) is 0 Å². The maximum atomic E-state index is 4.71. The Hall–Kier alpha value is -1.42. The molecule has 0 amide bonds. The summed E-state index contributed by atoms with van der Waals surface area (Å²) in [4.78, 5) is 9.20. The van der Waals surface area contributed by atoms with E-state index in [0.29, 0.717) is 4.73 Å². The van der Waals surface area contributed by atoms with Gasteiger partial charge in [0.05, 0.1) is 11.2 Å². The van der Waals surface area contributed by atoms with Gasteiger partial charge in [0.15, 0.2) is 4.73 Å². The molecule has 102 valence electrons. The highest BCUT2D eigenvalue weighted by atomic mass is 79.9. The van der Waals surface area contributed by atoms with Crippen LogP contribution in [0.3, 0.4) is 0 Å². The van der Waals surface area contributed by atoms with E-state index in [2.05, 4.69) is 66.2 Å². The molecule has 0 radical (unpaired) electrons. The number of aromatic nitrogens is 2. The van der Waals surface area contributed by atoms with Crippen molar-refractivity contribution < 1.29 is 0 Å². The molecule has 0 aliphatic heterocycles. The molecule has 0 saturated heterocycles. The van der Waals surface area contributed by atoms with Crippen LogP contribution in [0.1, 0.15) is 0 Å². The summed E-state index contributed by atoms with van der Waals surface area (Å²) in [6.45, 7) is 0. The van der Waals surface area contributed by atoms with Crippen molar-refractivity contribution in [3.8, 4) is 11.3 Å². The topological polar surface area (TPSA) is 25.8 Å². The predicted molar refractivity (Wildman–Crippen MR) is 114 cm³/mol. The van der Waals surface area contributed by atoms with Crippen LogP contribution in [0.15, 0.2) is 29.0 Å². The van der Waals surface area contributed by atoms with Crippen LogP contribution >= 0.6 is 15.9 Å². The van der Waals surface area contributed by atoms with Crippen LogP contribution in [-0.4, -0.2) is 49.2 Å². The van der Waals surface area contributed by atoms with Crippen molar-refractivity contribution in [1.82, 2.24) is 9.97 Å². The summed E-state index contributed by atoms with van der Waals surface area (Å²) in [6, 6.07) is 8.18. The molecular formula is C14H14B5BrN2. The van der Waals surface area contributed by atoms with Gasteiger partial charge < -0.3 is 0 Å². The van der Waals surface area contributed by atoms with Gasteiger partial charge in [-0.1, -0.05) is 29.1 Å². The van der Waals surface area contributed by atoms with Crippen molar-refractivity contribution in [2.45, 2.75) is 0 Å². The molecule has 8 heteroatoms. The zero-order valence-corrected chi connectivity index (χ0v) is 15.2. The van der Waals surface area contributed by atoms with Crippen LogP contribution in [0.5, 0.6) is 0 Å². The minimum atomic E-state index is 0.635. The Labute approximate surface area is 143 Å². The van der Waals surface area contributed by atoms with E-state index in [1.54, 1.807) is 0 Å². The van der Waals surface area contributed by atoms with Crippen molar-refractivity contribution in [2.75, 3.05) is 0 Å². The lowest BCUT2D eigenvalue weighted by Gasteiger charge is -2.20. The van der Waals surface area contributed by atoms with E-state index in [1.807, 2.05) is 18.2 Å². The van der Waals surface area contributed by atoms with E-state index in [9.17, 15) is 0 Å². The van der Waals surface area contributed by atoms with Gasteiger partial charge >= 0.3 is 0 Å². The van der Waals surface area contributed by atoms with Gasteiger partial charge in [-0.05, 0) is 27.6 Å². The molecular weight excluding hydrogens is 330 g/mol. The third-order valence-electron chi connectivity index (χ3n) is 4.81. The van der Waals surface area contributed by atoms with E-state index >= 15 is 0 Å².